The largest absolute Gasteiger partial charge is 0.333 e. The summed E-state index contributed by atoms with van der Waals surface area (Å²) in [6.07, 6.45) is 6.80. The number of aryl methyl sites for hydroxylation is 1. The highest BCUT2D eigenvalue weighted by Gasteiger charge is 2.30. The minimum Gasteiger partial charge on any atom is -0.333 e. The van der Waals surface area contributed by atoms with Crippen LogP contribution in [0.3, 0.4) is 0 Å². The number of benzene rings is 1. The van der Waals surface area contributed by atoms with Gasteiger partial charge >= 0.3 is 0 Å². The number of para-hydroxylation sites is 1. The Kier molecular flexibility index (Phi) is 4.25. The number of hydrogen-bond donors (Lipinski definition) is 0. The van der Waals surface area contributed by atoms with E-state index in [9.17, 15) is 4.79 Å². The van der Waals surface area contributed by atoms with Crippen molar-refractivity contribution in [2.75, 3.05) is 6.54 Å². The van der Waals surface area contributed by atoms with Gasteiger partial charge in [-0.3, -0.25) is 9.48 Å². The molecular weight excluding hydrogens is 322 g/mol. The number of rotatable bonds is 4. The lowest BCUT2D eigenvalue weighted by Gasteiger charge is -2.34. The van der Waals surface area contributed by atoms with Gasteiger partial charge in [0.1, 0.15) is 17.7 Å². The van der Waals surface area contributed by atoms with E-state index in [0.29, 0.717) is 13.0 Å². The van der Waals surface area contributed by atoms with Crippen molar-refractivity contribution < 1.29 is 4.79 Å². The minimum absolute atomic E-state index is 0.111. The van der Waals surface area contributed by atoms with E-state index in [0.717, 1.165) is 36.3 Å². The Morgan fingerprint density at radius 1 is 1.29 bits per heavy atom. The third kappa shape index (κ3) is 3.03. The molecule has 4 rings (SSSR count). The lowest BCUT2D eigenvalue weighted by Crippen LogP contribution is -2.38. The van der Waals surface area contributed by atoms with E-state index in [1.54, 1.807) is 22.3 Å². The molecule has 0 spiro atoms. The number of likely N-dealkylation sites (tertiary alicyclic amines) is 1. The maximum absolute atomic E-state index is 12.7. The Bertz CT molecular complexity index is 796. The van der Waals surface area contributed by atoms with Gasteiger partial charge in [-0.15, -0.1) is 11.3 Å². The molecule has 0 aliphatic carbocycles. The van der Waals surface area contributed by atoms with Gasteiger partial charge in [0.2, 0.25) is 5.91 Å². The molecule has 1 aliphatic heterocycles. The quantitative estimate of drug-likeness (QED) is 0.732. The molecule has 3 heterocycles. The monoisotopic (exact) mass is 341 g/mol. The Hall–Kier alpha value is -2.28. The molecular formula is C17H19N5OS. The normalized spacial score (nSPS) is 18.2. The van der Waals surface area contributed by atoms with Gasteiger partial charge in [0.05, 0.1) is 22.8 Å². The fourth-order valence-corrected chi connectivity index (χ4v) is 4.34. The van der Waals surface area contributed by atoms with Crippen LogP contribution in [0.25, 0.3) is 10.2 Å². The zero-order valence-electron chi connectivity index (χ0n) is 13.3. The van der Waals surface area contributed by atoms with E-state index >= 15 is 0 Å². The van der Waals surface area contributed by atoms with E-state index < -0.39 is 0 Å². The van der Waals surface area contributed by atoms with Gasteiger partial charge in [-0.05, 0) is 31.4 Å². The summed E-state index contributed by atoms with van der Waals surface area (Å²) >= 11 is 1.71. The molecule has 2 aromatic heterocycles. The lowest BCUT2D eigenvalue weighted by atomic mass is 10.0. The first-order valence-corrected chi connectivity index (χ1v) is 9.10. The number of amides is 1. The second-order valence-corrected chi connectivity index (χ2v) is 7.09. The van der Waals surface area contributed by atoms with Crippen molar-refractivity contribution in [2.45, 2.75) is 38.3 Å². The van der Waals surface area contributed by atoms with Crippen molar-refractivity contribution in [1.82, 2.24) is 24.6 Å². The Morgan fingerprint density at radius 3 is 3.04 bits per heavy atom. The highest BCUT2D eigenvalue weighted by atomic mass is 32.1. The van der Waals surface area contributed by atoms with Crippen LogP contribution in [0.1, 0.15) is 36.7 Å². The summed E-state index contributed by atoms with van der Waals surface area (Å²) in [4.78, 5) is 23.4. The predicted molar refractivity (Wildman–Crippen MR) is 92.6 cm³/mol. The third-order valence-electron chi connectivity index (χ3n) is 4.44. The van der Waals surface area contributed by atoms with Crippen LogP contribution >= 0.6 is 11.3 Å². The summed E-state index contributed by atoms with van der Waals surface area (Å²) in [5.41, 5.74) is 1.03. The first-order chi connectivity index (χ1) is 11.8. The molecule has 0 N–H and O–H groups in total. The zero-order valence-corrected chi connectivity index (χ0v) is 14.2. The molecule has 6 nitrogen and oxygen atoms in total. The predicted octanol–water partition coefficient (Wildman–Crippen LogP) is 3.03. The van der Waals surface area contributed by atoms with Crippen molar-refractivity contribution in [3.63, 3.8) is 0 Å². The van der Waals surface area contributed by atoms with Crippen LogP contribution in [0.15, 0.2) is 36.9 Å². The maximum atomic E-state index is 12.7. The lowest BCUT2D eigenvalue weighted by molar-refractivity contribution is -0.135. The molecule has 0 radical (unpaired) electrons. The van der Waals surface area contributed by atoms with Gasteiger partial charge < -0.3 is 4.90 Å². The molecule has 7 heteroatoms. The van der Waals surface area contributed by atoms with Crippen LogP contribution in [0.4, 0.5) is 0 Å². The van der Waals surface area contributed by atoms with Crippen molar-refractivity contribution in [3.8, 4) is 0 Å². The summed E-state index contributed by atoms with van der Waals surface area (Å²) in [6.45, 7) is 1.39. The van der Waals surface area contributed by atoms with Gasteiger partial charge in [-0.1, -0.05) is 12.1 Å². The fourth-order valence-electron chi connectivity index (χ4n) is 3.22. The number of thiazole rings is 1. The van der Waals surface area contributed by atoms with E-state index in [4.69, 9.17) is 4.98 Å². The van der Waals surface area contributed by atoms with Crippen LogP contribution in [-0.2, 0) is 11.3 Å². The van der Waals surface area contributed by atoms with E-state index in [1.807, 2.05) is 23.1 Å². The summed E-state index contributed by atoms with van der Waals surface area (Å²) < 4.78 is 2.89. The van der Waals surface area contributed by atoms with Gasteiger partial charge in [-0.25, -0.2) is 9.97 Å². The average molecular weight is 341 g/mol. The molecule has 1 unspecified atom stereocenters. The van der Waals surface area contributed by atoms with Crippen molar-refractivity contribution >= 4 is 27.5 Å². The van der Waals surface area contributed by atoms with E-state index in [2.05, 4.69) is 16.1 Å². The molecule has 1 amide bonds. The molecule has 0 bridgehead atoms. The Labute approximate surface area is 144 Å². The number of hydrogen-bond acceptors (Lipinski definition) is 5. The smallest absolute Gasteiger partial charge is 0.225 e. The van der Waals surface area contributed by atoms with Crippen molar-refractivity contribution in [1.29, 1.82) is 0 Å². The number of carbonyl (C=O) groups excluding carboxylic acids is 1. The first-order valence-electron chi connectivity index (χ1n) is 8.28. The molecule has 0 saturated carbocycles. The molecule has 1 aromatic carbocycles. The molecule has 24 heavy (non-hydrogen) atoms. The molecule has 1 saturated heterocycles. The van der Waals surface area contributed by atoms with Crippen LogP contribution in [0.5, 0.6) is 0 Å². The summed E-state index contributed by atoms with van der Waals surface area (Å²) in [5.74, 6) is 0.175. The van der Waals surface area contributed by atoms with Gasteiger partial charge in [0.15, 0.2) is 0 Å². The van der Waals surface area contributed by atoms with Crippen molar-refractivity contribution in [2.24, 2.45) is 0 Å². The Balaban J connectivity index is 1.52. The molecule has 1 fully saturated rings. The number of nitrogens with zero attached hydrogens (tertiary/aromatic N) is 5. The first kappa shape index (κ1) is 15.3. The molecule has 1 aliphatic rings. The number of carbonyl (C=O) groups is 1. The van der Waals surface area contributed by atoms with Crippen LogP contribution < -0.4 is 0 Å². The van der Waals surface area contributed by atoms with E-state index in [-0.39, 0.29) is 11.9 Å². The Morgan fingerprint density at radius 2 is 2.21 bits per heavy atom. The standard InChI is InChI=1S/C17H19N5OS/c23-16(8-10-21-12-18-11-19-21)22-9-4-3-6-14(22)17-20-13-5-1-2-7-15(13)24-17/h1-2,5,7,11-12,14H,3-4,6,8-10H2. The second kappa shape index (κ2) is 6.68. The minimum atomic E-state index is 0.111. The number of fused-ring (bicyclic) bond motifs is 1. The second-order valence-electron chi connectivity index (χ2n) is 6.03. The summed E-state index contributed by atoms with van der Waals surface area (Å²) in [6, 6.07) is 8.28. The van der Waals surface area contributed by atoms with Gasteiger partial charge in [0.25, 0.3) is 0 Å². The number of piperidine rings is 1. The highest BCUT2D eigenvalue weighted by molar-refractivity contribution is 7.18. The topological polar surface area (TPSA) is 63.9 Å². The van der Waals surface area contributed by atoms with E-state index in [1.165, 1.54) is 11.0 Å². The zero-order chi connectivity index (χ0) is 16.4. The fraction of sp³-hybridized carbons (Fsp3) is 0.412. The third-order valence-corrected chi connectivity index (χ3v) is 5.58. The maximum Gasteiger partial charge on any atom is 0.225 e. The highest BCUT2D eigenvalue weighted by Crippen LogP contribution is 2.35. The summed E-state index contributed by atoms with van der Waals surface area (Å²) in [5, 5.41) is 5.12. The van der Waals surface area contributed by atoms with Crippen LogP contribution in [0, 0.1) is 0 Å². The molecule has 124 valence electrons. The van der Waals surface area contributed by atoms with Crippen molar-refractivity contribution in [3.05, 3.63) is 41.9 Å². The molecule has 3 aromatic rings. The SMILES string of the molecule is O=C(CCn1cncn1)N1CCCCC1c1nc2ccccc2s1. The average Bonchev–Trinajstić information content (AvgIpc) is 3.29. The number of aromatic nitrogens is 4. The molecule has 1 atom stereocenters. The van der Waals surface area contributed by atoms with Gasteiger partial charge in [0, 0.05) is 13.0 Å². The summed E-state index contributed by atoms with van der Waals surface area (Å²) in [7, 11) is 0. The van der Waals surface area contributed by atoms with Gasteiger partial charge in [-0.2, -0.15) is 5.10 Å². The van der Waals surface area contributed by atoms with Crippen LogP contribution in [-0.4, -0.2) is 37.1 Å². The van der Waals surface area contributed by atoms with Crippen LogP contribution in [0.2, 0.25) is 0 Å².